The number of anilines is 1. The fourth-order valence-corrected chi connectivity index (χ4v) is 6.25. The Hall–Kier alpha value is -2.70. The third-order valence-electron chi connectivity index (χ3n) is 8.08. The van der Waals surface area contributed by atoms with Crippen LogP contribution >= 0.6 is 0 Å². The summed E-state index contributed by atoms with van der Waals surface area (Å²) >= 11 is 0. The van der Waals surface area contributed by atoms with Gasteiger partial charge in [-0.2, -0.15) is 5.10 Å². The summed E-state index contributed by atoms with van der Waals surface area (Å²) in [5.74, 6) is 1.09. The van der Waals surface area contributed by atoms with Gasteiger partial charge in [-0.1, -0.05) is 19.9 Å². The molecule has 2 aromatic heterocycles. The van der Waals surface area contributed by atoms with E-state index in [1.54, 1.807) is 6.07 Å². The number of aromatic hydroxyl groups is 1. The molecule has 6 nitrogen and oxygen atoms in total. The lowest BCUT2D eigenvalue weighted by Crippen LogP contribution is -2.42. The SMILES string of the molecule is BC(B)(B)n1cc(-c2ccc(-c3ccc(N(C)[C@H]4C[C@]5(C)CC[C@](C)(C4)C5)nn3)c(O)c2)cn1. The van der Waals surface area contributed by atoms with Crippen molar-refractivity contribution < 1.29 is 5.11 Å². The summed E-state index contributed by atoms with van der Waals surface area (Å²) < 4.78 is 1.94. The van der Waals surface area contributed by atoms with Gasteiger partial charge in [-0.15, -0.1) is 10.2 Å². The quantitative estimate of drug-likeness (QED) is 0.599. The Labute approximate surface area is 205 Å². The summed E-state index contributed by atoms with van der Waals surface area (Å²) in [4.78, 5) is 2.31. The maximum absolute atomic E-state index is 10.8. The van der Waals surface area contributed by atoms with E-state index in [2.05, 4.69) is 64.6 Å². The van der Waals surface area contributed by atoms with E-state index in [0.29, 0.717) is 28.1 Å². The number of fused-ring (bicyclic) bond motifs is 2. The molecule has 174 valence electrons. The van der Waals surface area contributed by atoms with Crippen LogP contribution in [0.1, 0.15) is 46.0 Å². The van der Waals surface area contributed by atoms with Gasteiger partial charge in [0.1, 0.15) is 29.3 Å². The minimum Gasteiger partial charge on any atom is -0.507 e. The van der Waals surface area contributed by atoms with E-state index in [-0.39, 0.29) is 11.0 Å². The maximum Gasteiger partial charge on any atom is 0.151 e. The van der Waals surface area contributed by atoms with Crippen molar-refractivity contribution in [1.29, 1.82) is 0 Å². The number of benzene rings is 1. The van der Waals surface area contributed by atoms with Crippen molar-refractivity contribution in [3.8, 4) is 28.1 Å². The van der Waals surface area contributed by atoms with Gasteiger partial charge >= 0.3 is 0 Å². The molecule has 2 fully saturated rings. The number of hydrogen-bond donors (Lipinski definition) is 1. The Morgan fingerprint density at radius 2 is 1.74 bits per heavy atom. The Morgan fingerprint density at radius 3 is 2.29 bits per heavy atom. The first kappa shape index (κ1) is 23.1. The summed E-state index contributed by atoms with van der Waals surface area (Å²) in [6.07, 6.45) is 10.3. The molecule has 1 N–H and O–H groups in total. The Morgan fingerprint density at radius 1 is 1.03 bits per heavy atom. The van der Waals surface area contributed by atoms with Gasteiger partial charge in [0.15, 0.2) is 5.82 Å². The van der Waals surface area contributed by atoms with Crippen LogP contribution in [0.5, 0.6) is 5.75 Å². The van der Waals surface area contributed by atoms with E-state index < -0.39 is 0 Å². The van der Waals surface area contributed by atoms with E-state index in [9.17, 15) is 5.11 Å². The van der Waals surface area contributed by atoms with Gasteiger partial charge in [0.05, 0.1) is 11.9 Å². The number of phenolic OH excluding ortho intramolecular Hbond substituents is 1. The molecule has 3 atom stereocenters. The van der Waals surface area contributed by atoms with E-state index >= 15 is 0 Å². The first-order valence-electron chi connectivity index (χ1n) is 12.4. The first-order chi connectivity index (χ1) is 15.9. The predicted octanol–water partition coefficient (Wildman–Crippen LogP) is 1.97. The molecule has 2 aliphatic carbocycles. The number of rotatable bonds is 5. The number of aromatic nitrogens is 4. The van der Waals surface area contributed by atoms with Crippen LogP contribution in [0.4, 0.5) is 5.82 Å². The topological polar surface area (TPSA) is 67.1 Å². The molecule has 2 heterocycles. The Bertz CT molecular complexity index is 1190. The molecule has 2 aliphatic rings. The van der Waals surface area contributed by atoms with Gasteiger partial charge in [0, 0.05) is 30.4 Å². The number of phenols is 1. The second-order valence-corrected chi connectivity index (χ2v) is 12.3. The van der Waals surface area contributed by atoms with E-state index in [0.717, 1.165) is 16.9 Å². The normalized spacial score (nSPS) is 26.5. The second-order valence-electron chi connectivity index (χ2n) is 12.3. The Balaban J connectivity index is 1.34. The summed E-state index contributed by atoms with van der Waals surface area (Å²) in [6, 6.07) is 10.2. The third kappa shape index (κ3) is 4.25. The van der Waals surface area contributed by atoms with Crippen molar-refractivity contribution in [3.05, 3.63) is 42.7 Å². The smallest absolute Gasteiger partial charge is 0.151 e. The molecule has 34 heavy (non-hydrogen) atoms. The van der Waals surface area contributed by atoms with Crippen molar-refractivity contribution in [3.63, 3.8) is 0 Å². The van der Waals surface area contributed by atoms with E-state index in [4.69, 9.17) is 0 Å². The van der Waals surface area contributed by atoms with Gasteiger partial charge in [0.25, 0.3) is 0 Å². The van der Waals surface area contributed by atoms with Gasteiger partial charge in [-0.3, -0.25) is 4.68 Å². The molecule has 3 aromatic rings. The molecule has 5 rings (SSSR count). The summed E-state index contributed by atoms with van der Waals surface area (Å²) in [5.41, 5.74) is 4.17. The molecule has 2 saturated carbocycles. The molecular weight excluding hydrogens is 419 g/mol. The van der Waals surface area contributed by atoms with Gasteiger partial charge in [0.2, 0.25) is 0 Å². The largest absolute Gasteiger partial charge is 0.507 e. The zero-order valence-corrected chi connectivity index (χ0v) is 21.3. The molecule has 0 amide bonds. The monoisotopic (exact) mass is 453 g/mol. The second kappa shape index (κ2) is 7.93. The summed E-state index contributed by atoms with van der Waals surface area (Å²) in [5, 5.41) is 24.2. The molecule has 0 radical (unpaired) electrons. The van der Waals surface area contributed by atoms with Crippen molar-refractivity contribution in [2.45, 2.75) is 57.2 Å². The van der Waals surface area contributed by atoms with Crippen LogP contribution in [-0.2, 0) is 5.24 Å². The Kier molecular flexibility index (Phi) is 5.38. The average Bonchev–Trinajstić information content (AvgIpc) is 3.36. The van der Waals surface area contributed by atoms with Crippen LogP contribution in [-0.4, -0.2) is 61.7 Å². The fourth-order valence-electron chi connectivity index (χ4n) is 6.25. The highest BCUT2D eigenvalue weighted by Gasteiger charge is 2.50. The van der Waals surface area contributed by atoms with E-state index in [1.165, 1.54) is 32.1 Å². The van der Waals surface area contributed by atoms with Crippen LogP contribution < -0.4 is 4.90 Å². The first-order valence-corrected chi connectivity index (χ1v) is 12.4. The zero-order valence-electron chi connectivity index (χ0n) is 21.3. The van der Waals surface area contributed by atoms with Crippen molar-refractivity contribution in [2.75, 3.05) is 11.9 Å². The average molecular weight is 453 g/mol. The van der Waals surface area contributed by atoms with Crippen molar-refractivity contribution >= 4 is 29.4 Å². The minimum atomic E-state index is -0.0860. The van der Waals surface area contributed by atoms with Crippen molar-refractivity contribution in [2.24, 2.45) is 10.8 Å². The molecule has 0 unspecified atom stereocenters. The molecule has 9 heteroatoms. The molecule has 0 spiro atoms. The van der Waals surface area contributed by atoms with Crippen LogP contribution in [0.25, 0.3) is 22.4 Å². The van der Waals surface area contributed by atoms with Gasteiger partial charge < -0.3 is 10.0 Å². The third-order valence-corrected chi connectivity index (χ3v) is 8.08. The lowest BCUT2D eigenvalue weighted by molar-refractivity contribution is 0.148. The van der Waals surface area contributed by atoms with Crippen molar-refractivity contribution in [1.82, 2.24) is 20.0 Å². The van der Waals surface area contributed by atoms with Gasteiger partial charge in [-0.25, -0.2) is 0 Å². The van der Waals surface area contributed by atoms with E-state index in [1.807, 2.05) is 41.3 Å². The molecule has 0 aliphatic heterocycles. The van der Waals surface area contributed by atoms with Crippen LogP contribution in [0.15, 0.2) is 42.7 Å². The summed E-state index contributed by atoms with van der Waals surface area (Å²) in [7, 11) is 8.49. The highest BCUT2D eigenvalue weighted by molar-refractivity contribution is 6.56. The van der Waals surface area contributed by atoms with Crippen LogP contribution in [0, 0.1) is 10.8 Å². The molecule has 0 saturated heterocycles. The molecule has 2 bridgehead atoms. The highest BCUT2D eigenvalue weighted by Crippen LogP contribution is 2.58. The zero-order chi connectivity index (χ0) is 24.3. The number of nitrogens with zero attached hydrogens (tertiary/aromatic N) is 5. The number of hydrogen-bond acceptors (Lipinski definition) is 5. The maximum atomic E-state index is 10.8. The highest BCUT2D eigenvalue weighted by atomic mass is 16.3. The lowest BCUT2D eigenvalue weighted by Gasteiger charge is -2.44. The minimum absolute atomic E-state index is 0.0860. The van der Waals surface area contributed by atoms with Crippen LogP contribution in [0.2, 0.25) is 0 Å². The molecular formula is C25H34B3N5O. The van der Waals surface area contributed by atoms with Gasteiger partial charge in [-0.05, 0) is 78.0 Å². The summed E-state index contributed by atoms with van der Waals surface area (Å²) in [6.45, 7) is 4.90. The standard InChI is InChI=1S/C25H34B3N5O/c1-23-8-9-24(2,15-23)12-18(11-23)32(3)22-7-6-20(30-31-22)19-5-4-16(10-21(19)34)17-13-29-33(14-17)25(26,27)28/h4-7,10,13-14,18,34H,8-9,11-12,15,26-28H2,1-3H3/t18-,23-,24+. The fraction of sp³-hybridized carbons (Fsp3) is 0.480. The van der Waals surface area contributed by atoms with Crippen LogP contribution in [0.3, 0.4) is 0 Å². The molecule has 1 aromatic carbocycles. The lowest BCUT2D eigenvalue weighted by atomic mass is 9.49. The predicted molar refractivity (Wildman–Crippen MR) is 145 cm³/mol.